The van der Waals surface area contributed by atoms with Gasteiger partial charge in [0.2, 0.25) is 5.12 Å². The highest BCUT2D eigenvalue weighted by Crippen LogP contribution is 2.34. The zero-order valence-corrected chi connectivity index (χ0v) is 9.64. The lowest BCUT2D eigenvalue weighted by atomic mass is 10.2. The first-order chi connectivity index (χ1) is 6.75. The second-order valence-electron chi connectivity index (χ2n) is 2.84. The van der Waals surface area contributed by atoms with Crippen molar-refractivity contribution in [2.24, 2.45) is 0 Å². The van der Waals surface area contributed by atoms with Gasteiger partial charge in [0.15, 0.2) is 0 Å². The van der Waals surface area contributed by atoms with Crippen LogP contribution in [0.3, 0.4) is 0 Å². The fraction of sp³-hybridized carbons (Fsp3) is 0. The Labute approximate surface area is 95.0 Å². The van der Waals surface area contributed by atoms with Crippen molar-refractivity contribution in [3.63, 3.8) is 0 Å². The molecule has 0 saturated carbocycles. The first-order valence-corrected chi connectivity index (χ1v) is 5.73. The molecular formula is C11H7BrOS. The first kappa shape index (κ1) is 9.74. The summed E-state index contributed by atoms with van der Waals surface area (Å²) in [5, 5.41) is 0.0761. The summed E-state index contributed by atoms with van der Waals surface area (Å²) in [6, 6.07) is 9.95. The molecule has 0 aromatic heterocycles. The molecule has 0 spiro atoms. The predicted molar refractivity (Wildman–Crippen MR) is 64.0 cm³/mol. The quantitative estimate of drug-likeness (QED) is 0.773. The average molecular weight is 267 g/mol. The van der Waals surface area contributed by atoms with Gasteiger partial charge in [-0.2, -0.15) is 0 Å². The molecule has 1 aromatic rings. The minimum absolute atomic E-state index is 0.0761. The van der Waals surface area contributed by atoms with Gasteiger partial charge in [-0.3, -0.25) is 4.79 Å². The highest BCUT2D eigenvalue weighted by atomic mass is 79.9. The molecule has 1 heterocycles. The largest absolute Gasteiger partial charge is 0.281 e. The van der Waals surface area contributed by atoms with Crippen LogP contribution in [-0.4, -0.2) is 5.12 Å². The average Bonchev–Trinajstić information content (AvgIpc) is 2.47. The van der Waals surface area contributed by atoms with E-state index in [1.807, 2.05) is 42.5 Å². The zero-order valence-electron chi connectivity index (χ0n) is 7.24. The number of hydrogen-bond donors (Lipinski definition) is 0. The van der Waals surface area contributed by atoms with Gasteiger partial charge in [0.1, 0.15) is 0 Å². The monoisotopic (exact) mass is 266 g/mol. The molecule has 1 aromatic carbocycles. The van der Waals surface area contributed by atoms with E-state index in [0.717, 1.165) is 10.5 Å². The summed E-state index contributed by atoms with van der Waals surface area (Å²) < 4.78 is 0.643. The highest BCUT2D eigenvalue weighted by Gasteiger charge is 2.17. The van der Waals surface area contributed by atoms with E-state index in [1.54, 1.807) is 0 Å². The molecule has 14 heavy (non-hydrogen) atoms. The summed E-state index contributed by atoms with van der Waals surface area (Å²) in [5.74, 6) is 0. The molecule has 0 amide bonds. The number of benzene rings is 1. The lowest BCUT2D eigenvalue weighted by molar-refractivity contribution is -0.107. The standard InChI is InChI=1S/C11H7BrOS/c12-10-7-9(14-11(10)13)6-8-4-2-1-3-5-8/h1-7H/b9-6-. The van der Waals surface area contributed by atoms with Gasteiger partial charge < -0.3 is 0 Å². The molecule has 0 radical (unpaired) electrons. The van der Waals surface area contributed by atoms with Crippen LogP contribution in [0.15, 0.2) is 45.8 Å². The smallest absolute Gasteiger partial charge is 0.231 e. The van der Waals surface area contributed by atoms with Gasteiger partial charge in [0, 0.05) is 4.91 Å². The number of allylic oxidation sites excluding steroid dienone is 1. The minimum Gasteiger partial charge on any atom is -0.281 e. The fourth-order valence-electron chi connectivity index (χ4n) is 1.15. The maximum absolute atomic E-state index is 11.2. The molecule has 0 N–H and O–H groups in total. The molecule has 1 aliphatic rings. The second kappa shape index (κ2) is 4.15. The Morgan fingerprint density at radius 1 is 1.21 bits per heavy atom. The van der Waals surface area contributed by atoms with Crippen LogP contribution in [0.4, 0.5) is 0 Å². The van der Waals surface area contributed by atoms with Gasteiger partial charge >= 0.3 is 0 Å². The van der Waals surface area contributed by atoms with E-state index in [1.165, 1.54) is 11.8 Å². The Morgan fingerprint density at radius 2 is 1.93 bits per heavy atom. The van der Waals surface area contributed by atoms with Gasteiger partial charge in [0.05, 0.1) is 4.48 Å². The van der Waals surface area contributed by atoms with E-state index in [4.69, 9.17) is 0 Å². The molecular weight excluding hydrogens is 260 g/mol. The van der Waals surface area contributed by atoms with E-state index in [2.05, 4.69) is 15.9 Å². The van der Waals surface area contributed by atoms with Crippen LogP contribution >= 0.6 is 27.7 Å². The van der Waals surface area contributed by atoms with Crippen molar-refractivity contribution in [1.82, 2.24) is 0 Å². The van der Waals surface area contributed by atoms with Crippen molar-refractivity contribution < 1.29 is 4.79 Å². The summed E-state index contributed by atoms with van der Waals surface area (Å²) in [7, 11) is 0. The Hall–Kier alpha value is -0.800. The molecule has 0 unspecified atom stereocenters. The molecule has 2 rings (SSSR count). The van der Waals surface area contributed by atoms with Gasteiger partial charge in [-0.05, 0) is 45.4 Å². The SMILES string of the molecule is O=C1S/C(=C\c2ccccc2)C=C1Br. The summed E-state index contributed by atoms with van der Waals surface area (Å²) in [5.41, 5.74) is 1.11. The number of carbonyl (C=O) groups is 1. The van der Waals surface area contributed by atoms with E-state index >= 15 is 0 Å². The molecule has 0 bridgehead atoms. The summed E-state index contributed by atoms with van der Waals surface area (Å²) in [6.07, 6.45) is 3.84. The Bertz CT molecular complexity index is 420. The summed E-state index contributed by atoms with van der Waals surface area (Å²) in [6.45, 7) is 0. The number of hydrogen-bond acceptors (Lipinski definition) is 2. The van der Waals surface area contributed by atoms with E-state index in [9.17, 15) is 4.79 Å². The lowest BCUT2D eigenvalue weighted by Gasteiger charge is -1.93. The normalized spacial score (nSPS) is 18.8. The number of rotatable bonds is 1. The van der Waals surface area contributed by atoms with Crippen molar-refractivity contribution in [3.8, 4) is 0 Å². The maximum Gasteiger partial charge on any atom is 0.231 e. The Morgan fingerprint density at radius 3 is 2.50 bits per heavy atom. The first-order valence-electron chi connectivity index (χ1n) is 4.12. The Kier molecular flexibility index (Phi) is 2.89. The molecule has 0 atom stereocenters. The van der Waals surface area contributed by atoms with Crippen molar-refractivity contribution in [3.05, 3.63) is 51.4 Å². The van der Waals surface area contributed by atoms with Crippen LogP contribution in [-0.2, 0) is 4.79 Å². The number of thioether (sulfide) groups is 1. The fourth-order valence-corrected chi connectivity index (χ4v) is 2.54. The molecule has 0 fully saturated rings. The van der Waals surface area contributed by atoms with Crippen molar-refractivity contribution in [1.29, 1.82) is 0 Å². The third kappa shape index (κ3) is 2.16. The molecule has 3 heteroatoms. The molecule has 1 aliphatic heterocycles. The van der Waals surface area contributed by atoms with Crippen LogP contribution in [0.25, 0.3) is 6.08 Å². The van der Waals surface area contributed by atoms with Crippen molar-refractivity contribution in [2.75, 3.05) is 0 Å². The highest BCUT2D eigenvalue weighted by molar-refractivity contribution is 9.12. The van der Waals surface area contributed by atoms with Crippen LogP contribution in [0.1, 0.15) is 5.56 Å². The maximum atomic E-state index is 11.2. The van der Waals surface area contributed by atoms with Crippen molar-refractivity contribution >= 4 is 38.9 Å². The zero-order chi connectivity index (χ0) is 9.97. The third-order valence-corrected chi connectivity index (χ3v) is 3.51. The van der Waals surface area contributed by atoms with Crippen LogP contribution in [0.5, 0.6) is 0 Å². The van der Waals surface area contributed by atoms with E-state index in [-0.39, 0.29) is 5.12 Å². The lowest BCUT2D eigenvalue weighted by Crippen LogP contribution is -1.79. The number of carbonyl (C=O) groups excluding carboxylic acids is 1. The van der Waals surface area contributed by atoms with Gasteiger partial charge in [0.25, 0.3) is 0 Å². The molecule has 0 aliphatic carbocycles. The van der Waals surface area contributed by atoms with Crippen LogP contribution in [0.2, 0.25) is 0 Å². The van der Waals surface area contributed by atoms with E-state index in [0.29, 0.717) is 4.48 Å². The van der Waals surface area contributed by atoms with Gasteiger partial charge in [-0.1, -0.05) is 30.3 Å². The van der Waals surface area contributed by atoms with Gasteiger partial charge in [-0.25, -0.2) is 0 Å². The third-order valence-electron chi connectivity index (χ3n) is 1.78. The topological polar surface area (TPSA) is 17.1 Å². The van der Waals surface area contributed by atoms with Crippen LogP contribution in [0, 0.1) is 0 Å². The number of halogens is 1. The van der Waals surface area contributed by atoms with Crippen LogP contribution < -0.4 is 0 Å². The predicted octanol–water partition coefficient (Wildman–Crippen LogP) is 3.58. The second-order valence-corrected chi connectivity index (χ2v) is 4.74. The Balaban J connectivity index is 2.26. The molecule has 0 saturated heterocycles. The molecule has 70 valence electrons. The van der Waals surface area contributed by atoms with Gasteiger partial charge in [-0.15, -0.1) is 0 Å². The summed E-state index contributed by atoms with van der Waals surface area (Å²) in [4.78, 5) is 12.2. The minimum atomic E-state index is 0.0761. The van der Waals surface area contributed by atoms with Crippen molar-refractivity contribution in [2.45, 2.75) is 0 Å². The summed E-state index contributed by atoms with van der Waals surface area (Å²) >= 11 is 4.46. The van der Waals surface area contributed by atoms with E-state index < -0.39 is 0 Å². The molecule has 1 nitrogen and oxygen atoms in total.